The van der Waals surface area contributed by atoms with Crippen molar-refractivity contribution in [2.45, 2.75) is 45.6 Å². The van der Waals surface area contributed by atoms with Crippen molar-refractivity contribution in [3.05, 3.63) is 29.3 Å². The van der Waals surface area contributed by atoms with Crippen LogP contribution in [0.15, 0.2) is 18.2 Å². The summed E-state index contributed by atoms with van der Waals surface area (Å²) < 4.78 is 5.94. The molecule has 20 heavy (non-hydrogen) atoms. The van der Waals surface area contributed by atoms with Crippen molar-refractivity contribution in [3.63, 3.8) is 0 Å². The highest BCUT2D eigenvalue weighted by Gasteiger charge is 2.23. The lowest BCUT2D eigenvalue weighted by Crippen LogP contribution is -2.13. The SMILES string of the molecule is CNC1CCc2c(OCCCC(C)(C)C#N)cccc21. The molecular formula is C17H24N2O. The molecule has 108 valence electrons. The second-order valence-corrected chi connectivity index (χ2v) is 6.15. The molecule has 0 aliphatic heterocycles. The lowest BCUT2D eigenvalue weighted by atomic mass is 9.90. The summed E-state index contributed by atoms with van der Waals surface area (Å²) in [5, 5.41) is 12.3. The Hall–Kier alpha value is -1.53. The summed E-state index contributed by atoms with van der Waals surface area (Å²) >= 11 is 0. The van der Waals surface area contributed by atoms with Crippen molar-refractivity contribution in [1.29, 1.82) is 5.26 Å². The number of ether oxygens (including phenoxy) is 1. The molecule has 1 aromatic rings. The average molecular weight is 272 g/mol. The maximum atomic E-state index is 9.00. The minimum Gasteiger partial charge on any atom is -0.493 e. The molecule has 0 saturated heterocycles. The summed E-state index contributed by atoms with van der Waals surface area (Å²) in [5.74, 6) is 1.02. The van der Waals surface area contributed by atoms with Gasteiger partial charge in [0.15, 0.2) is 0 Å². The first-order valence-electron chi connectivity index (χ1n) is 7.40. The Bertz CT molecular complexity index is 502. The standard InChI is InChI=1S/C17H24N2O/c1-17(2,12-18)10-5-11-20-16-7-4-6-13-14(16)8-9-15(13)19-3/h4,6-7,15,19H,5,8-11H2,1-3H3. The number of rotatable bonds is 6. The average Bonchev–Trinajstić information content (AvgIpc) is 2.87. The van der Waals surface area contributed by atoms with Crippen LogP contribution in [0.3, 0.4) is 0 Å². The minimum atomic E-state index is -0.251. The van der Waals surface area contributed by atoms with Gasteiger partial charge in [-0.2, -0.15) is 5.26 Å². The molecule has 0 heterocycles. The fourth-order valence-corrected chi connectivity index (χ4v) is 2.81. The molecule has 0 amide bonds. The molecule has 1 N–H and O–H groups in total. The van der Waals surface area contributed by atoms with Gasteiger partial charge in [-0.3, -0.25) is 0 Å². The molecule has 0 fully saturated rings. The van der Waals surface area contributed by atoms with E-state index in [9.17, 15) is 0 Å². The lowest BCUT2D eigenvalue weighted by molar-refractivity contribution is 0.282. The quantitative estimate of drug-likeness (QED) is 0.805. The molecule has 2 rings (SSSR count). The maximum Gasteiger partial charge on any atom is 0.122 e. The van der Waals surface area contributed by atoms with Gasteiger partial charge in [-0.1, -0.05) is 12.1 Å². The summed E-state index contributed by atoms with van der Waals surface area (Å²) in [6.45, 7) is 4.64. The van der Waals surface area contributed by atoms with E-state index in [2.05, 4.69) is 29.6 Å². The van der Waals surface area contributed by atoms with E-state index >= 15 is 0 Å². The van der Waals surface area contributed by atoms with Gasteiger partial charge in [-0.25, -0.2) is 0 Å². The van der Waals surface area contributed by atoms with Crippen molar-refractivity contribution < 1.29 is 4.74 Å². The first-order chi connectivity index (χ1) is 9.57. The number of benzene rings is 1. The van der Waals surface area contributed by atoms with Gasteiger partial charge >= 0.3 is 0 Å². The van der Waals surface area contributed by atoms with E-state index < -0.39 is 0 Å². The number of hydrogen-bond acceptors (Lipinski definition) is 3. The highest BCUT2D eigenvalue weighted by molar-refractivity contribution is 5.45. The number of hydrogen-bond donors (Lipinski definition) is 1. The lowest BCUT2D eigenvalue weighted by Gasteiger charge is -2.16. The zero-order chi connectivity index (χ0) is 14.6. The van der Waals surface area contributed by atoms with Gasteiger partial charge < -0.3 is 10.1 Å². The van der Waals surface area contributed by atoms with Gasteiger partial charge in [0.1, 0.15) is 5.75 Å². The van der Waals surface area contributed by atoms with Gasteiger partial charge in [-0.15, -0.1) is 0 Å². The third-order valence-electron chi connectivity index (χ3n) is 4.08. The molecule has 1 aliphatic rings. The molecule has 3 nitrogen and oxygen atoms in total. The highest BCUT2D eigenvalue weighted by Crippen LogP contribution is 2.36. The van der Waals surface area contributed by atoms with E-state index in [0.717, 1.165) is 31.4 Å². The van der Waals surface area contributed by atoms with Crippen molar-refractivity contribution in [2.75, 3.05) is 13.7 Å². The predicted molar refractivity (Wildman–Crippen MR) is 80.7 cm³/mol. The van der Waals surface area contributed by atoms with E-state index in [1.807, 2.05) is 20.9 Å². The smallest absolute Gasteiger partial charge is 0.122 e. The van der Waals surface area contributed by atoms with Gasteiger partial charge in [0.25, 0.3) is 0 Å². The number of nitriles is 1. The normalized spacial score (nSPS) is 17.6. The zero-order valence-corrected chi connectivity index (χ0v) is 12.7. The maximum absolute atomic E-state index is 9.00. The van der Waals surface area contributed by atoms with Crippen LogP contribution in [0.5, 0.6) is 5.75 Å². The molecule has 1 unspecified atom stereocenters. The van der Waals surface area contributed by atoms with Crippen LogP contribution in [-0.4, -0.2) is 13.7 Å². The van der Waals surface area contributed by atoms with Crippen LogP contribution in [0.25, 0.3) is 0 Å². The van der Waals surface area contributed by atoms with Gasteiger partial charge in [0.2, 0.25) is 0 Å². The van der Waals surface area contributed by atoms with Crippen LogP contribution >= 0.6 is 0 Å². The summed E-state index contributed by atoms with van der Waals surface area (Å²) in [5.41, 5.74) is 2.48. The van der Waals surface area contributed by atoms with Crippen LogP contribution < -0.4 is 10.1 Å². The van der Waals surface area contributed by atoms with Crippen molar-refractivity contribution in [3.8, 4) is 11.8 Å². The van der Waals surface area contributed by atoms with Gasteiger partial charge in [-0.05, 0) is 63.8 Å². The molecular weight excluding hydrogens is 248 g/mol. The number of fused-ring (bicyclic) bond motifs is 1. The van der Waals surface area contributed by atoms with Crippen LogP contribution in [0.2, 0.25) is 0 Å². The Labute approximate surface area is 121 Å². The minimum absolute atomic E-state index is 0.251. The summed E-state index contributed by atoms with van der Waals surface area (Å²) in [7, 11) is 2.01. The van der Waals surface area contributed by atoms with E-state index in [-0.39, 0.29) is 5.41 Å². The van der Waals surface area contributed by atoms with Crippen LogP contribution in [0.1, 0.15) is 50.3 Å². The first-order valence-corrected chi connectivity index (χ1v) is 7.40. The molecule has 3 heteroatoms. The van der Waals surface area contributed by atoms with Crippen molar-refractivity contribution in [2.24, 2.45) is 5.41 Å². The molecule has 0 bridgehead atoms. The predicted octanol–water partition coefficient (Wildman–Crippen LogP) is 3.60. The summed E-state index contributed by atoms with van der Waals surface area (Å²) in [4.78, 5) is 0. The Morgan fingerprint density at radius 1 is 1.45 bits per heavy atom. The molecule has 0 aromatic heterocycles. The molecule has 1 atom stereocenters. The Morgan fingerprint density at radius 3 is 2.95 bits per heavy atom. The fourth-order valence-electron chi connectivity index (χ4n) is 2.81. The molecule has 0 saturated carbocycles. The van der Waals surface area contributed by atoms with Gasteiger partial charge in [0.05, 0.1) is 18.1 Å². The van der Waals surface area contributed by atoms with E-state index in [1.54, 1.807) is 0 Å². The molecule has 1 aliphatic carbocycles. The van der Waals surface area contributed by atoms with Crippen molar-refractivity contribution in [1.82, 2.24) is 5.32 Å². The van der Waals surface area contributed by atoms with Crippen LogP contribution in [-0.2, 0) is 6.42 Å². The van der Waals surface area contributed by atoms with Crippen molar-refractivity contribution >= 4 is 0 Å². The second-order valence-electron chi connectivity index (χ2n) is 6.15. The van der Waals surface area contributed by atoms with E-state index in [4.69, 9.17) is 10.00 Å². The third-order valence-corrected chi connectivity index (χ3v) is 4.08. The second kappa shape index (κ2) is 6.28. The summed E-state index contributed by atoms with van der Waals surface area (Å²) in [6, 6.07) is 9.12. The monoisotopic (exact) mass is 272 g/mol. The fraction of sp³-hybridized carbons (Fsp3) is 0.588. The van der Waals surface area contributed by atoms with Crippen LogP contribution in [0, 0.1) is 16.7 Å². The molecule has 0 radical (unpaired) electrons. The number of nitrogens with one attached hydrogen (secondary N) is 1. The van der Waals surface area contributed by atoms with Gasteiger partial charge in [0, 0.05) is 6.04 Å². The zero-order valence-electron chi connectivity index (χ0n) is 12.7. The van der Waals surface area contributed by atoms with E-state index in [0.29, 0.717) is 12.6 Å². The molecule has 1 aromatic carbocycles. The Balaban J connectivity index is 1.92. The Morgan fingerprint density at radius 2 is 2.25 bits per heavy atom. The first kappa shape index (κ1) is 14.9. The van der Waals surface area contributed by atoms with Crippen LogP contribution in [0.4, 0.5) is 0 Å². The number of nitrogens with zero attached hydrogens (tertiary/aromatic N) is 1. The molecule has 0 spiro atoms. The largest absolute Gasteiger partial charge is 0.493 e. The highest BCUT2D eigenvalue weighted by atomic mass is 16.5. The summed E-state index contributed by atoms with van der Waals surface area (Å²) in [6.07, 6.45) is 4.02. The third kappa shape index (κ3) is 3.32. The Kier molecular flexibility index (Phi) is 4.67. The topological polar surface area (TPSA) is 45.0 Å². The van der Waals surface area contributed by atoms with E-state index in [1.165, 1.54) is 11.1 Å².